The van der Waals surface area contributed by atoms with Crippen LogP contribution in [-0.2, 0) is 0 Å². The first-order valence-corrected chi connectivity index (χ1v) is 8.69. The lowest BCUT2D eigenvalue weighted by Crippen LogP contribution is -2.08. The molecule has 0 bridgehead atoms. The van der Waals surface area contributed by atoms with Crippen LogP contribution in [0.3, 0.4) is 0 Å². The summed E-state index contributed by atoms with van der Waals surface area (Å²) in [6.45, 7) is 9.04. The van der Waals surface area contributed by atoms with Crippen molar-refractivity contribution in [1.29, 1.82) is 10.5 Å². The van der Waals surface area contributed by atoms with Crippen molar-refractivity contribution in [2.75, 3.05) is 13.2 Å². The number of nitrogens with zero attached hydrogens (tertiary/aromatic N) is 2. The molecule has 0 fully saturated rings. The molecule has 0 saturated heterocycles. The maximum Gasteiger partial charge on any atom is 0.158 e. The van der Waals surface area contributed by atoms with Crippen LogP contribution in [0.4, 0.5) is 0 Å². The van der Waals surface area contributed by atoms with E-state index in [-0.39, 0.29) is 32.7 Å². The molecule has 0 spiro atoms. The van der Waals surface area contributed by atoms with Gasteiger partial charge in [-0.25, -0.2) is 0 Å². The molecule has 4 nitrogen and oxygen atoms in total. The van der Waals surface area contributed by atoms with Crippen LogP contribution in [0.25, 0.3) is 0 Å². The summed E-state index contributed by atoms with van der Waals surface area (Å²) < 4.78 is 11.3. The zero-order chi connectivity index (χ0) is 18.3. The molecule has 0 aliphatic carbocycles. The molecule has 130 valence electrons. The number of hydrogen-bond acceptors (Lipinski definition) is 4. The fraction of sp³-hybridized carbons (Fsp3) is 0.556. The van der Waals surface area contributed by atoms with Crippen LogP contribution < -0.4 is 9.47 Å². The summed E-state index contributed by atoms with van der Waals surface area (Å²) in [6.07, 6.45) is 1.60. The molecular weight excluding hydrogens is 347 g/mol. The monoisotopic (exact) mass is 368 g/mol. The number of ether oxygens (including phenoxy) is 2. The van der Waals surface area contributed by atoms with Gasteiger partial charge in [0.15, 0.2) is 11.5 Å². The molecule has 1 aromatic carbocycles. The van der Waals surface area contributed by atoms with Gasteiger partial charge in [-0.1, -0.05) is 50.9 Å². The maximum atomic E-state index is 9.45. The molecule has 0 aliphatic heterocycles. The number of hydrogen-bond donors (Lipinski definition) is 0. The Hall–Kier alpha value is -1.62. The molecule has 0 unspecified atom stereocenters. The van der Waals surface area contributed by atoms with Gasteiger partial charge in [0.1, 0.15) is 33.3 Å². The summed E-state index contributed by atoms with van der Waals surface area (Å²) >= 11 is 12.5. The van der Waals surface area contributed by atoms with Gasteiger partial charge in [0.2, 0.25) is 0 Å². The van der Waals surface area contributed by atoms with Crippen LogP contribution >= 0.6 is 23.2 Å². The Morgan fingerprint density at radius 1 is 0.792 bits per heavy atom. The molecule has 24 heavy (non-hydrogen) atoms. The molecule has 1 aromatic rings. The Morgan fingerprint density at radius 3 is 1.38 bits per heavy atom. The van der Waals surface area contributed by atoms with Gasteiger partial charge in [-0.05, 0) is 24.7 Å². The number of benzene rings is 1. The third-order valence-electron chi connectivity index (χ3n) is 3.40. The van der Waals surface area contributed by atoms with Gasteiger partial charge in [0.05, 0.1) is 13.2 Å². The quantitative estimate of drug-likeness (QED) is 0.599. The summed E-state index contributed by atoms with van der Waals surface area (Å²) in [5, 5.41) is 19.1. The highest BCUT2D eigenvalue weighted by Crippen LogP contribution is 2.45. The van der Waals surface area contributed by atoms with Crippen molar-refractivity contribution in [3.8, 4) is 23.6 Å². The Morgan fingerprint density at radius 2 is 1.12 bits per heavy atom. The molecule has 6 heteroatoms. The van der Waals surface area contributed by atoms with Gasteiger partial charge >= 0.3 is 0 Å². The minimum absolute atomic E-state index is 0.0650. The van der Waals surface area contributed by atoms with Crippen LogP contribution in [0, 0.1) is 34.5 Å². The van der Waals surface area contributed by atoms with Crippen molar-refractivity contribution < 1.29 is 9.47 Å². The lowest BCUT2D eigenvalue weighted by molar-refractivity contribution is 0.281. The number of nitriles is 2. The zero-order valence-electron chi connectivity index (χ0n) is 14.4. The highest BCUT2D eigenvalue weighted by Gasteiger charge is 2.25. The van der Waals surface area contributed by atoms with E-state index in [0.29, 0.717) is 25.0 Å². The van der Waals surface area contributed by atoms with Gasteiger partial charge in [-0.15, -0.1) is 0 Å². The van der Waals surface area contributed by atoms with Crippen molar-refractivity contribution in [3.63, 3.8) is 0 Å². The van der Waals surface area contributed by atoms with E-state index < -0.39 is 0 Å². The molecule has 0 saturated carbocycles. The molecular formula is C18H22Cl2N2O2. The Bertz CT molecular complexity index is 602. The van der Waals surface area contributed by atoms with E-state index in [0.717, 1.165) is 12.8 Å². The largest absolute Gasteiger partial charge is 0.491 e. The normalized spacial score (nSPS) is 10.6. The van der Waals surface area contributed by atoms with Crippen molar-refractivity contribution in [2.24, 2.45) is 11.8 Å². The van der Waals surface area contributed by atoms with E-state index in [1.807, 2.05) is 12.1 Å². The van der Waals surface area contributed by atoms with E-state index in [9.17, 15) is 10.5 Å². The number of halogens is 2. The van der Waals surface area contributed by atoms with Crippen LogP contribution in [0.15, 0.2) is 0 Å². The first kappa shape index (κ1) is 20.4. The fourth-order valence-corrected chi connectivity index (χ4v) is 2.39. The molecule has 0 aromatic heterocycles. The van der Waals surface area contributed by atoms with E-state index in [1.54, 1.807) is 0 Å². The molecule has 0 aliphatic rings. The predicted octanol–water partition coefficient (Wildman–Crippen LogP) is 5.59. The lowest BCUT2D eigenvalue weighted by Gasteiger charge is -2.17. The lowest BCUT2D eigenvalue weighted by atomic mass is 10.1. The molecule has 0 amide bonds. The molecule has 1 rings (SSSR count). The highest BCUT2D eigenvalue weighted by molar-refractivity contribution is 6.44. The van der Waals surface area contributed by atoms with Gasteiger partial charge in [0.25, 0.3) is 0 Å². The van der Waals surface area contributed by atoms with Crippen LogP contribution in [0.5, 0.6) is 11.5 Å². The Labute approximate surface area is 153 Å². The molecule has 0 atom stereocenters. The topological polar surface area (TPSA) is 66.0 Å². The number of rotatable bonds is 8. The van der Waals surface area contributed by atoms with Crippen molar-refractivity contribution in [1.82, 2.24) is 0 Å². The van der Waals surface area contributed by atoms with Gasteiger partial charge < -0.3 is 9.47 Å². The summed E-state index contributed by atoms with van der Waals surface area (Å²) in [7, 11) is 0. The van der Waals surface area contributed by atoms with Gasteiger partial charge in [-0.2, -0.15) is 10.5 Å². The zero-order valence-corrected chi connectivity index (χ0v) is 16.0. The summed E-state index contributed by atoms with van der Waals surface area (Å²) in [6, 6.07) is 3.98. The van der Waals surface area contributed by atoms with Crippen molar-refractivity contribution in [2.45, 2.75) is 40.5 Å². The maximum absolute atomic E-state index is 9.45. The second kappa shape index (κ2) is 9.62. The second-order valence-electron chi connectivity index (χ2n) is 6.32. The SMILES string of the molecule is CC(C)CCOc1c(Cl)c(Cl)c(OCCC(C)C)c(C#N)c1C#N. The van der Waals surface area contributed by atoms with Gasteiger partial charge in [0, 0.05) is 0 Å². The van der Waals surface area contributed by atoms with E-state index >= 15 is 0 Å². The van der Waals surface area contributed by atoms with E-state index in [4.69, 9.17) is 32.7 Å². The summed E-state index contributed by atoms with van der Waals surface area (Å²) in [5.74, 6) is 1.19. The highest BCUT2D eigenvalue weighted by atomic mass is 35.5. The third-order valence-corrected chi connectivity index (χ3v) is 4.22. The average Bonchev–Trinajstić information content (AvgIpc) is 2.52. The average molecular weight is 369 g/mol. The smallest absolute Gasteiger partial charge is 0.158 e. The van der Waals surface area contributed by atoms with Gasteiger partial charge in [-0.3, -0.25) is 0 Å². The second-order valence-corrected chi connectivity index (χ2v) is 7.08. The van der Waals surface area contributed by atoms with Crippen LogP contribution in [0.1, 0.15) is 51.7 Å². The molecule has 0 heterocycles. The van der Waals surface area contributed by atoms with Crippen LogP contribution in [-0.4, -0.2) is 13.2 Å². The predicted molar refractivity (Wildman–Crippen MR) is 95.8 cm³/mol. The standard InChI is InChI=1S/C18H22Cl2N2O2/c1-11(2)5-7-23-17-13(9-21)14(10-22)18(16(20)15(17)19)24-8-6-12(3)4/h11-12H,5-8H2,1-4H3. The first-order valence-electron chi connectivity index (χ1n) is 7.94. The first-order chi connectivity index (χ1) is 11.3. The Kier molecular flexibility index (Phi) is 8.19. The van der Waals surface area contributed by atoms with Crippen molar-refractivity contribution >= 4 is 23.2 Å². The Balaban J connectivity index is 3.22. The molecule has 0 radical (unpaired) electrons. The minimum atomic E-state index is 0.0650. The minimum Gasteiger partial charge on any atom is -0.491 e. The third kappa shape index (κ3) is 5.20. The fourth-order valence-electron chi connectivity index (χ4n) is 1.92. The summed E-state index contributed by atoms with van der Waals surface area (Å²) in [5.41, 5.74) is 0.130. The molecule has 0 N–H and O–H groups in total. The van der Waals surface area contributed by atoms with Crippen molar-refractivity contribution in [3.05, 3.63) is 21.2 Å². The van der Waals surface area contributed by atoms with E-state index in [2.05, 4.69) is 27.7 Å². The van der Waals surface area contributed by atoms with Crippen LogP contribution in [0.2, 0.25) is 10.0 Å². The van der Waals surface area contributed by atoms with E-state index in [1.165, 1.54) is 0 Å². The summed E-state index contributed by atoms with van der Waals surface area (Å²) in [4.78, 5) is 0.